The van der Waals surface area contributed by atoms with Gasteiger partial charge in [-0.3, -0.25) is 4.79 Å². The van der Waals surface area contributed by atoms with Gasteiger partial charge in [0, 0.05) is 17.1 Å². The molecule has 0 spiro atoms. The molecule has 0 fully saturated rings. The van der Waals surface area contributed by atoms with Crippen LogP contribution in [0.15, 0.2) is 24.3 Å². The number of benzene rings is 1. The lowest BCUT2D eigenvalue weighted by atomic mass is 10.1. The Kier molecular flexibility index (Phi) is 5.52. The first kappa shape index (κ1) is 15.7. The number of carbonyl (C=O) groups excluding carboxylic acids is 1. The highest BCUT2D eigenvalue weighted by Gasteiger charge is 2.09. The van der Waals surface area contributed by atoms with Gasteiger partial charge < -0.3 is 15.0 Å². The van der Waals surface area contributed by atoms with Crippen LogP contribution in [0.2, 0.25) is 0 Å². The van der Waals surface area contributed by atoms with Crippen molar-refractivity contribution in [1.82, 2.24) is 10.3 Å². The third-order valence-corrected chi connectivity index (χ3v) is 4.49. The number of hydrogen-bond donors (Lipinski definition) is 2. The molecule has 1 heterocycles. The number of para-hydroxylation sites is 1. The van der Waals surface area contributed by atoms with Gasteiger partial charge in [0.2, 0.25) is 5.91 Å². The molecular formula is C15H18N2O2S2. The molecule has 0 saturated carbocycles. The largest absolute Gasteiger partial charge is 0.496 e. The van der Waals surface area contributed by atoms with Gasteiger partial charge in [0.05, 0.1) is 13.5 Å². The van der Waals surface area contributed by atoms with Crippen molar-refractivity contribution in [3.05, 3.63) is 44.4 Å². The quantitative estimate of drug-likeness (QED) is 0.804. The summed E-state index contributed by atoms with van der Waals surface area (Å²) in [5.74, 6) is 0.865. The van der Waals surface area contributed by atoms with E-state index in [0.29, 0.717) is 16.9 Å². The van der Waals surface area contributed by atoms with Crippen molar-refractivity contribution in [3.63, 3.8) is 0 Å². The van der Waals surface area contributed by atoms with Gasteiger partial charge in [0.25, 0.3) is 0 Å². The van der Waals surface area contributed by atoms with E-state index in [2.05, 4.69) is 10.3 Å². The number of amides is 1. The number of aromatic nitrogens is 1. The lowest BCUT2D eigenvalue weighted by Gasteiger charge is -2.09. The molecule has 0 aliphatic heterocycles. The summed E-state index contributed by atoms with van der Waals surface area (Å²) in [6.07, 6.45) is 1.12. The summed E-state index contributed by atoms with van der Waals surface area (Å²) in [7, 11) is 1.65. The maximum atomic E-state index is 11.9. The predicted molar refractivity (Wildman–Crippen MR) is 87.7 cm³/mol. The van der Waals surface area contributed by atoms with Crippen LogP contribution >= 0.6 is 23.6 Å². The highest BCUT2D eigenvalue weighted by Crippen LogP contribution is 2.17. The first-order valence-electron chi connectivity index (χ1n) is 6.67. The number of rotatable bonds is 6. The van der Waals surface area contributed by atoms with Gasteiger partial charge in [-0.05, 0) is 37.2 Å². The highest BCUT2D eigenvalue weighted by atomic mass is 32.1. The molecule has 1 aromatic heterocycles. The third kappa shape index (κ3) is 4.41. The second-order valence-electron chi connectivity index (χ2n) is 4.65. The first-order chi connectivity index (χ1) is 10.1. The van der Waals surface area contributed by atoms with Gasteiger partial charge in [-0.1, -0.05) is 18.2 Å². The van der Waals surface area contributed by atoms with Crippen LogP contribution in [0, 0.1) is 10.9 Å². The Bertz CT molecular complexity index is 676. The zero-order valence-corrected chi connectivity index (χ0v) is 13.7. The summed E-state index contributed by atoms with van der Waals surface area (Å²) in [5.41, 5.74) is 2.07. The van der Waals surface area contributed by atoms with E-state index in [1.54, 1.807) is 7.11 Å². The molecule has 1 aromatic carbocycles. The first-order valence-corrected chi connectivity index (χ1v) is 7.90. The second kappa shape index (κ2) is 7.38. The lowest BCUT2D eigenvalue weighted by molar-refractivity contribution is -0.120. The van der Waals surface area contributed by atoms with Crippen molar-refractivity contribution in [1.29, 1.82) is 0 Å². The Hall–Kier alpha value is -1.66. The van der Waals surface area contributed by atoms with Crippen molar-refractivity contribution < 1.29 is 9.53 Å². The second-order valence-corrected chi connectivity index (χ2v) is 6.42. The van der Waals surface area contributed by atoms with Crippen LogP contribution in [0.5, 0.6) is 5.75 Å². The van der Waals surface area contributed by atoms with Gasteiger partial charge in [-0.2, -0.15) is 0 Å². The average molecular weight is 322 g/mol. The van der Waals surface area contributed by atoms with Crippen LogP contribution in [0.3, 0.4) is 0 Å². The average Bonchev–Trinajstić information content (AvgIpc) is 2.77. The molecule has 0 aliphatic rings. The molecule has 0 aliphatic carbocycles. The molecule has 0 unspecified atom stereocenters. The fourth-order valence-corrected chi connectivity index (χ4v) is 3.35. The lowest BCUT2D eigenvalue weighted by Crippen LogP contribution is -2.27. The number of H-pyrrole nitrogens is 1. The van der Waals surface area contributed by atoms with Crippen LogP contribution in [0.1, 0.15) is 16.1 Å². The normalized spacial score (nSPS) is 10.4. The Morgan fingerprint density at radius 1 is 1.43 bits per heavy atom. The molecular weight excluding hydrogens is 304 g/mol. The third-order valence-electron chi connectivity index (χ3n) is 3.15. The van der Waals surface area contributed by atoms with Gasteiger partial charge >= 0.3 is 0 Å². The smallest absolute Gasteiger partial charge is 0.225 e. The molecule has 0 bridgehead atoms. The van der Waals surface area contributed by atoms with Crippen molar-refractivity contribution in [2.75, 3.05) is 13.7 Å². The maximum absolute atomic E-state index is 11.9. The number of hydrogen-bond acceptors (Lipinski definition) is 4. The standard InChI is InChI=1S/C15H18N2O2S2/c1-10-13(21-15(20)17-10)9-14(18)16-8-7-11-5-3-4-6-12(11)19-2/h3-6H,7-9H2,1-2H3,(H,16,18)(H,17,20). The molecule has 0 saturated heterocycles. The summed E-state index contributed by atoms with van der Waals surface area (Å²) in [4.78, 5) is 16.0. The predicted octanol–water partition coefficient (Wildman–Crippen LogP) is 3.02. The zero-order valence-electron chi connectivity index (χ0n) is 12.1. The van der Waals surface area contributed by atoms with Crippen molar-refractivity contribution >= 4 is 29.5 Å². The number of thiazole rings is 1. The van der Waals surface area contributed by atoms with Gasteiger partial charge in [-0.25, -0.2) is 0 Å². The van der Waals surface area contributed by atoms with E-state index >= 15 is 0 Å². The van der Waals surface area contributed by atoms with Crippen LogP contribution in [-0.2, 0) is 17.6 Å². The molecule has 21 heavy (non-hydrogen) atoms. The number of aryl methyl sites for hydroxylation is 1. The maximum Gasteiger partial charge on any atom is 0.225 e. The van der Waals surface area contributed by atoms with E-state index in [0.717, 1.165) is 28.3 Å². The summed E-state index contributed by atoms with van der Waals surface area (Å²) in [6.45, 7) is 2.53. The number of methoxy groups -OCH3 is 1. The minimum Gasteiger partial charge on any atom is -0.496 e. The number of ether oxygens (including phenoxy) is 1. The van der Waals surface area contributed by atoms with E-state index in [1.165, 1.54) is 11.3 Å². The van der Waals surface area contributed by atoms with Crippen LogP contribution in [0.4, 0.5) is 0 Å². The topological polar surface area (TPSA) is 54.1 Å². The highest BCUT2D eigenvalue weighted by molar-refractivity contribution is 7.73. The Morgan fingerprint density at radius 2 is 2.19 bits per heavy atom. The summed E-state index contributed by atoms with van der Waals surface area (Å²) >= 11 is 6.53. The summed E-state index contributed by atoms with van der Waals surface area (Å²) in [6, 6.07) is 7.83. The Labute approximate surface area is 133 Å². The van der Waals surface area contributed by atoms with E-state index in [9.17, 15) is 4.79 Å². The van der Waals surface area contributed by atoms with E-state index < -0.39 is 0 Å². The Morgan fingerprint density at radius 3 is 2.86 bits per heavy atom. The van der Waals surface area contributed by atoms with E-state index in [1.807, 2.05) is 31.2 Å². The summed E-state index contributed by atoms with van der Waals surface area (Å²) in [5, 5.41) is 2.93. The van der Waals surface area contributed by atoms with E-state index in [-0.39, 0.29) is 5.91 Å². The van der Waals surface area contributed by atoms with Gasteiger partial charge in [-0.15, -0.1) is 11.3 Å². The molecule has 2 aromatic rings. The van der Waals surface area contributed by atoms with E-state index in [4.69, 9.17) is 17.0 Å². The number of carbonyl (C=O) groups is 1. The van der Waals surface area contributed by atoms with Crippen molar-refractivity contribution in [2.45, 2.75) is 19.8 Å². The molecule has 0 radical (unpaired) electrons. The Balaban J connectivity index is 1.84. The fraction of sp³-hybridized carbons (Fsp3) is 0.333. The SMILES string of the molecule is COc1ccccc1CCNC(=O)Cc1sc(=S)[nH]c1C. The zero-order chi connectivity index (χ0) is 15.2. The number of nitrogens with one attached hydrogen (secondary N) is 2. The molecule has 2 rings (SSSR count). The molecule has 1 amide bonds. The fourth-order valence-electron chi connectivity index (χ4n) is 2.06. The monoisotopic (exact) mass is 322 g/mol. The van der Waals surface area contributed by atoms with Crippen molar-refractivity contribution in [2.24, 2.45) is 0 Å². The molecule has 0 atom stereocenters. The van der Waals surface area contributed by atoms with Crippen LogP contribution < -0.4 is 10.1 Å². The minimum atomic E-state index is 0.0123. The molecule has 6 heteroatoms. The minimum absolute atomic E-state index is 0.0123. The number of aromatic amines is 1. The van der Waals surface area contributed by atoms with Crippen LogP contribution in [-0.4, -0.2) is 24.5 Å². The molecule has 112 valence electrons. The van der Waals surface area contributed by atoms with Gasteiger partial charge in [0.1, 0.15) is 5.75 Å². The van der Waals surface area contributed by atoms with Crippen molar-refractivity contribution in [3.8, 4) is 5.75 Å². The van der Waals surface area contributed by atoms with Gasteiger partial charge in [0.15, 0.2) is 3.95 Å². The molecule has 4 nitrogen and oxygen atoms in total. The molecule has 2 N–H and O–H groups in total. The van der Waals surface area contributed by atoms with Crippen LogP contribution in [0.25, 0.3) is 0 Å². The summed E-state index contributed by atoms with van der Waals surface area (Å²) < 4.78 is 6.00.